The van der Waals surface area contributed by atoms with Crippen LogP contribution in [0.5, 0.6) is 5.75 Å². The van der Waals surface area contributed by atoms with E-state index in [4.69, 9.17) is 4.43 Å². The molecule has 8 heteroatoms. The Balaban J connectivity index is 1.37. The third-order valence-corrected chi connectivity index (χ3v) is 17.1. The van der Waals surface area contributed by atoms with Crippen LogP contribution < -0.4 is 10.4 Å². The minimum atomic E-state index is -3.77. The standard InChI is InChI=1S/C43H46O6SSi/c1-43(2,3)51(35-17-9-5-10-18-35,36-19-11-6-12-20-36)49-29-34-30-50(47,48)41(28-44)42(34)40(46)26-23-32(31-15-7-4-8-16-31)27-33-24-25-39(45)38-22-14-13-21-37(33)38/h4-22,24-25,27,40-41,44-46H,23,26,28-30H2,1-3H3/b32-27-/t40-,41+/m1/s1. The number of hydrogen-bond donors (Lipinski definition) is 3. The number of fused-ring (bicyclic) bond motifs is 1. The van der Waals surface area contributed by atoms with Gasteiger partial charge in [0, 0.05) is 5.39 Å². The molecule has 51 heavy (non-hydrogen) atoms. The number of benzene rings is 5. The van der Waals surface area contributed by atoms with Crippen LogP contribution >= 0.6 is 0 Å². The van der Waals surface area contributed by atoms with Gasteiger partial charge in [-0.3, -0.25) is 0 Å². The van der Waals surface area contributed by atoms with Crippen molar-refractivity contribution < 1.29 is 28.2 Å². The molecule has 0 saturated heterocycles. The normalized spacial score (nSPS) is 17.2. The van der Waals surface area contributed by atoms with Gasteiger partial charge in [-0.25, -0.2) is 8.42 Å². The van der Waals surface area contributed by atoms with E-state index < -0.39 is 36.1 Å². The second-order valence-electron chi connectivity index (χ2n) is 14.3. The second-order valence-corrected chi connectivity index (χ2v) is 20.8. The summed E-state index contributed by atoms with van der Waals surface area (Å²) in [5, 5.41) is 35.1. The molecule has 1 aliphatic rings. The molecule has 6 rings (SSSR count). The first-order valence-electron chi connectivity index (χ1n) is 17.4. The van der Waals surface area contributed by atoms with Crippen LogP contribution in [-0.2, 0) is 14.3 Å². The zero-order valence-corrected chi connectivity index (χ0v) is 31.2. The Kier molecular flexibility index (Phi) is 10.8. The number of allylic oxidation sites excluding steroid dienone is 1. The lowest BCUT2D eigenvalue weighted by Crippen LogP contribution is -2.66. The summed E-state index contributed by atoms with van der Waals surface area (Å²) < 4.78 is 34.2. The molecule has 6 nitrogen and oxygen atoms in total. The lowest BCUT2D eigenvalue weighted by atomic mass is 9.91. The first-order valence-corrected chi connectivity index (χ1v) is 21.0. The third kappa shape index (κ3) is 7.38. The number of phenols is 1. The summed E-state index contributed by atoms with van der Waals surface area (Å²) >= 11 is 0. The Labute approximate surface area is 302 Å². The van der Waals surface area contributed by atoms with Crippen LogP contribution in [0.15, 0.2) is 139 Å². The third-order valence-electron chi connectivity index (χ3n) is 10.1. The Hall–Kier alpha value is -4.31. The van der Waals surface area contributed by atoms with Gasteiger partial charge in [-0.2, -0.15) is 0 Å². The zero-order chi connectivity index (χ0) is 36.2. The van der Waals surface area contributed by atoms with Gasteiger partial charge in [0.25, 0.3) is 8.32 Å². The number of phenolic OH excluding ortho intramolecular Hbond substituents is 1. The van der Waals surface area contributed by atoms with Gasteiger partial charge in [-0.15, -0.1) is 0 Å². The molecule has 264 valence electrons. The number of aliphatic hydroxyl groups is 2. The summed E-state index contributed by atoms with van der Waals surface area (Å²) in [5.74, 6) is -0.0688. The van der Waals surface area contributed by atoms with Crippen molar-refractivity contribution in [1.29, 1.82) is 0 Å². The quantitative estimate of drug-likeness (QED) is 0.0738. The van der Waals surface area contributed by atoms with Crippen molar-refractivity contribution in [3.63, 3.8) is 0 Å². The Morgan fingerprint density at radius 1 is 0.824 bits per heavy atom. The lowest BCUT2D eigenvalue weighted by Gasteiger charge is -2.43. The summed E-state index contributed by atoms with van der Waals surface area (Å²) in [4.78, 5) is 0. The summed E-state index contributed by atoms with van der Waals surface area (Å²) in [6.07, 6.45) is 1.62. The van der Waals surface area contributed by atoms with Crippen molar-refractivity contribution in [3.05, 3.63) is 150 Å². The van der Waals surface area contributed by atoms with Crippen LogP contribution in [0.3, 0.4) is 0 Å². The van der Waals surface area contributed by atoms with Crippen molar-refractivity contribution in [2.24, 2.45) is 0 Å². The predicted octanol–water partition coefficient (Wildman–Crippen LogP) is 6.89. The zero-order valence-electron chi connectivity index (χ0n) is 29.4. The molecule has 5 aromatic carbocycles. The van der Waals surface area contributed by atoms with Crippen LogP contribution in [0.25, 0.3) is 22.4 Å². The molecule has 0 bridgehead atoms. The van der Waals surface area contributed by atoms with Gasteiger partial charge in [0.2, 0.25) is 0 Å². The Morgan fingerprint density at radius 3 is 1.94 bits per heavy atom. The molecule has 0 fully saturated rings. The van der Waals surface area contributed by atoms with E-state index in [9.17, 15) is 23.7 Å². The summed E-state index contributed by atoms with van der Waals surface area (Å²) in [5.41, 5.74) is 3.72. The Bertz CT molecular complexity index is 2100. The highest BCUT2D eigenvalue weighted by atomic mass is 32.2. The fraction of sp³-hybridized carbons (Fsp3) is 0.256. The summed E-state index contributed by atoms with van der Waals surface area (Å²) in [7, 11) is -6.78. The summed E-state index contributed by atoms with van der Waals surface area (Å²) in [6.45, 7) is 5.91. The van der Waals surface area contributed by atoms with Crippen molar-refractivity contribution in [2.45, 2.75) is 50.0 Å². The van der Waals surface area contributed by atoms with E-state index in [0.717, 1.165) is 37.8 Å². The number of sulfone groups is 1. The Morgan fingerprint density at radius 2 is 1.37 bits per heavy atom. The molecular formula is C43H46O6SSi. The van der Waals surface area contributed by atoms with Crippen molar-refractivity contribution in [2.75, 3.05) is 19.0 Å². The maximum Gasteiger partial charge on any atom is 0.261 e. The van der Waals surface area contributed by atoms with Crippen LogP contribution in [-0.4, -0.2) is 62.4 Å². The number of aromatic hydroxyl groups is 1. The molecule has 0 saturated carbocycles. The van der Waals surface area contributed by atoms with Gasteiger partial charge in [0.15, 0.2) is 9.84 Å². The molecule has 2 atom stereocenters. The van der Waals surface area contributed by atoms with E-state index in [1.807, 2.05) is 97.1 Å². The highest BCUT2D eigenvalue weighted by molar-refractivity contribution is 7.92. The highest BCUT2D eigenvalue weighted by Gasteiger charge is 2.51. The van der Waals surface area contributed by atoms with Crippen LogP contribution in [0.1, 0.15) is 44.7 Å². The van der Waals surface area contributed by atoms with E-state index in [0.29, 0.717) is 17.6 Å². The topological polar surface area (TPSA) is 104 Å². The monoisotopic (exact) mass is 718 g/mol. The molecular weight excluding hydrogens is 673 g/mol. The second kappa shape index (κ2) is 15.1. The van der Waals surface area contributed by atoms with Gasteiger partial charge < -0.3 is 19.7 Å². The van der Waals surface area contributed by atoms with E-state index in [2.05, 4.69) is 51.1 Å². The van der Waals surface area contributed by atoms with Crippen molar-refractivity contribution in [3.8, 4) is 5.75 Å². The maximum atomic E-state index is 13.5. The van der Waals surface area contributed by atoms with Crippen molar-refractivity contribution in [1.82, 2.24) is 0 Å². The first-order chi connectivity index (χ1) is 24.5. The largest absolute Gasteiger partial charge is 0.507 e. The van der Waals surface area contributed by atoms with Crippen LogP contribution in [0.2, 0.25) is 5.04 Å². The first kappa shape index (κ1) is 36.5. The average Bonchev–Trinajstić information content (AvgIpc) is 3.40. The molecule has 0 radical (unpaired) electrons. The SMILES string of the molecule is CC(C)(C)[Si](OCC1=C([C@H](O)CC/C(=C/c2ccc(O)c3ccccc23)c2ccccc2)[C@H](CO)S(=O)(=O)C1)(c1ccccc1)c1ccccc1. The van der Waals surface area contributed by atoms with E-state index in [-0.39, 0.29) is 29.6 Å². The average molecular weight is 719 g/mol. The minimum absolute atomic E-state index is 0.0241. The fourth-order valence-corrected chi connectivity index (χ4v) is 14.0. The van der Waals surface area contributed by atoms with Gasteiger partial charge in [0.05, 0.1) is 25.1 Å². The lowest BCUT2D eigenvalue weighted by molar-refractivity contribution is 0.188. The predicted molar refractivity (Wildman–Crippen MR) is 210 cm³/mol. The fourth-order valence-electron chi connectivity index (χ4n) is 7.61. The molecule has 1 heterocycles. The molecule has 1 aliphatic heterocycles. The van der Waals surface area contributed by atoms with Crippen LogP contribution in [0, 0.1) is 0 Å². The molecule has 0 aliphatic carbocycles. The number of aliphatic hydroxyl groups excluding tert-OH is 2. The molecule has 0 spiro atoms. The molecule has 3 N–H and O–H groups in total. The van der Waals surface area contributed by atoms with Crippen LogP contribution in [0.4, 0.5) is 0 Å². The van der Waals surface area contributed by atoms with Gasteiger partial charge >= 0.3 is 0 Å². The highest BCUT2D eigenvalue weighted by Crippen LogP contribution is 2.39. The summed E-state index contributed by atoms with van der Waals surface area (Å²) in [6, 6.07) is 41.5. The van der Waals surface area contributed by atoms with Gasteiger partial charge in [0.1, 0.15) is 11.0 Å². The maximum absolute atomic E-state index is 13.5. The van der Waals surface area contributed by atoms with Gasteiger partial charge in [-0.05, 0) is 67.6 Å². The molecule has 5 aromatic rings. The van der Waals surface area contributed by atoms with E-state index in [1.165, 1.54) is 0 Å². The smallest absolute Gasteiger partial charge is 0.261 e. The van der Waals surface area contributed by atoms with Crippen molar-refractivity contribution >= 4 is 50.9 Å². The molecule has 0 aromatic heterocycles. The minimum Gasteiger partial charge on any atom is -0.507 e. The molecule has 0 unspecified atom stereocenters. The van der Waals surface area contributed by atoms with E-state index >= 15 is 0 Å². The number of rotatable bonds is 12. The van der Waals surface area contributed by atoms with E-state index in [1.54, 1.807) is 6.07 Å². The number of hydrogen-bond acceptors (Lipinski definition) is 6. The van der Waals surface area contributed by atoms with Gasteiger partial charge in [-0.1, -0.05) is 148 Å². The molecule has 0 amide bonds.